The van der Waals surface area contributed by atoms with Crippen LogP contribution < -0.4 is 26.8 Å². The molecule has 15 heteroatoms. The van der Waals surface area contributed by atoms with E-state index in [4.69, 9.17) is 26.8 Å². The topological polar surface area (TPSA) is 158 Å². The molecular weight excluding hydrogens is 649 g/mol. The normalized spacial score (nSPS) is 11.8. The van der Waals surface area contributed by atoms with Gasteiger partial charge in [0, 0.05) is 5.56 Å². The quantitative estimate of drug-likeness (QED) is 0.118. The Kier molecular flexibility index (Phi) is 11.4. The molecule has 0 radical (unpaired) electrons. The Labute approximate surface area is 264 Å². The highest BCUT2D eigenvalue weighted by Gasteiger charge is 2.28. The molecule has 0 aliphatic heterocycles. The van der Waals surface area contributed by atoms with Crippen LogP contribution in [0, 0.1) is 0 Å². The van der Waals surface area contributed by atoms with E-state index in [-0.39, 0.29) is 58.8 Å². The van der Waals surface area contributed by atoms with Crippen molar-refractivity contribution in [1.29, 1.82) is 0 Å². The molecule has 0 saturated carbocycles. The van der Waals surface area contributed by atoms with Crippen LogP contribution in [0.1, 0.15) is 27.2 Å². The zero-order valence-electron chi connectivity index (χ0n) is 25.9. The van der Waals surface area contributed by atoms with E-state index < -0.39 is 30.4 Å². The second-order valence-corrected chi connectivity index (χ2v) is 14.8. The molecular formula is C30H36O12S3. The number of allylic oxidation sites excluding steroid dienone is 1. The summed E-state index contributed by atoms with van der Waals surface area (Å²) < 4.78 is 106. The van der Waals surface area contributed by atoms with Crippen molar-refractivity contribution >= 4 is 30.4 Å². The van der Waals surface area contributed by atoms with Gasteiger partial charge in [-0.3, -0.25) is 0 Å². The molecule has 0 N–H and O–H groups in total. The number of hydrogen-bond donors (Lipinski definition) is 0. The molecule has 12 nitrogen and oxygen atoms in total. The lowest BCUT2D eigenvalue weighted by Crippen LogP contribution is -2.11. The highest BCUT2D eigenvalue weighted by molar-refractivity contribution is 7.86. The molecule has 3 aromatic rings. The number of benzene rings is 3. The summed E-state index contributed by atoms with van der Waals surface area (Å²) in [7, 11) is -10.5. The summed E-state index contributed by atoms with van der Waals surface area (Å²) >= 11 is 0. The number of hydrogen-bond acceptors (Lipinski definition) is 12. The van der Waals surface area contributed by atoms with Crippen molar-refractivity contribution in [3.8, 4) is 56.8 Å². The second kappa shape index (κ2) is 14.4. The third kappa shape index (κ3) is 10.6. The highest BCUT2D eigenvalue weighted by Crippen LogP contribution is 2.52. The SMILES string of the molecule is CCOc1c(-c2ccc(OS(C)(=O)=O)cc2)cc(OC)c(-c2ccc(OCCC=C(C)C)c(OS(C)(=O)=O)c2)c1OS(C)(=O)=O. The maximum atomic E-state index is 12.5. The Balaban J connectivity index is 2.30. The Morgan fingerprint density at radius 3 is 1.82 bits per heavy atom. The minimum Gasteiger partial charge on any atom is -0.496 e. The summed E-state index contributed by atoms with van der Waals surface area (Å²) in [6.45, 7) is 5.94. The van der Waals surface area contributed by atoms with Crippen molar-refractivity contribution in [2.75, 3.05) is 39.1 Å². The van der Waals surface area contributed by atoms with E-state index >= 15 is 0 Å². The van der Waals surface area contributed by atoms with Crippen LogP contribution >= 0.6 is 0 Å². The Morgan fingerprint density at radius 2 is 1.29 bits per heavy atom. The fourth-order valence-electron chi connectivity index (χ4n) is 4.18. The van der Waals surface area contributed by atoms with Crippen molar-refractivity contribution < 1.29 is 52.0 Å². The first kappa shape index (κ1) is 35.5. The standard InChI is InChI=1S/C30H36O12S3/c1-8-38-29-24(21-11-14-23(15-12-21)40-43(5,31)32)19-27(37-4)28(30(29)42-45(7,35)36)22-13-16-25(39-17-9-10-20(2)3)26(18-22)41-44(6,33)34/h10-16,18-19H,8-9,17H2,1-7H3. The molecule has 0 unspecified atom stereocenters. The van der Waals surface area contributed by atoms with Crippen LogP contribution in [0.2, 0.25) is 0 Å². The number of ether oxygens (including phenoxy) is 3. The monoisotopic (exact) mass is 684 g/mol. The van der Waals surface area contributed by atoms with Gasteiger partial charge in [0.1, 0.15) is 11.5 Å². The Morgan fingerprint density at radius 1 is 0.689 bits per heavy atom. The van der Waals surface area contributed by atoms with Gasteiger partial charge in [-0.2, -0.15) is 25.3 Å². The molecule has 0 aromatic heterocycles. The van der Waals surface area contributed by atoms with Crippen LogP contribution in [-0.2, 0) is 30.4 Å². The first-order chi connectivity index (χ1) is 20.9. The minimum absolute atomic E-state index is 0.0307. The first-order valence-corrected chi connectivity index (χ1v) is 18.9. The molecule has 3 aromatic carbocycles. The van der Waals surface area contributed by atoms with Crippen molar-refractivity contribution in [1.82, 2.24) is 0 Å². The molecule has 0 aliphatic carbocycles. The fourth-order valence-corrected chi connectivity index (χ4v) is 5.56. The zero-order valence-corrected chi connectivity index (χ0v) is 28.4. The van der Waals surface area contributed by atoms with Gasteiger partial charge in [0.15, 0.2) is 23.0 Å². The van der Waals surface area contributed by atoms with Gasteiger partial charge in [-0.05, 0) is 68.7 Å². The molecule has 0 aliphatic rings. The Hall–Kier alpha value is -3.95. The average Bonchev–Trinajstić information content (AvgIpc) is 2.90. The number of rotatable bonds is 15. The summed E-state index contributed by atoms with van der Waals surface area (Å²) in [5.41, 5.74) is 2.34. The van der Waals surface area contributed by atoms with E-state index in [1.165, 1.54) is 31.4 Å². The van der Waals surface area contributed by atoms with E-state index in [1.54, 1.807) is 31.2 Å². The van der Waals surface area contributed by atoms with Crippen LogP contribution in [0.4, 0.5) is 0 Å². The van der Waals surface area contributed by atoms with Gasteiger partial charge >= 0.3 is 30.4 Å². The van der Waals surface area contributed by atoms with Crippen molar-refractivity contribution in [2.24, 2.45) is 0 Å². The smallest absolute Gasteiger partial charge is 0.306 e. The lowest BCUT2D eigenvalue weighted by atomic mass is 9.96. The van der Waals surface area contributed by atoms with Gasteiger partial charge in [-0.1, -0.05) is 29.8 Å². The number of methoxy groups -OCH3 is 1. The summed E-state index contributed by atoms with van der Waals surface area (Å²) in [5, 5.41) is 0. The van der Waals surface area contributed by atoms with E-state index in [0.717, 1.165) is 24.3 Å². The van der Waals surface area contributed by atoms with Crippen molar-refractivity contribution in [3.05, 3.63) is 60.2 Å². The van der Waals surface area contributed by atoms with E-state index in [9.17, 15) is 25.3 Å². The molecule has 0 fully saturated rings. The third-order valence-electron chi connectivity index (χ3n) is 5.76. The molecule has 0 spiro atoms. The van der Waals surface area contributed by atoms with Crippen molar-refractivity contribution in [2.45, 2.75) is 27.2 Å². The van der Waals surface area contributed by atoms with Gasteiger partial charge in [-0.15, -0.1) is 0 Å². The molecule has 45 heavy (non-hydrogen) atoms. The van der Waals surface area contributed by atoms with Crippen LogP contribution in [0.3, 0.4) is 0 Å². The summed E-state index contributed by atoms with van der Waals surface area (Å²) in [6.07, 6.45) is 5.21. The lowest BCUT2D eigenvalue weighted by Gasteiger charge is -2.22. The summed E-state index contributed by atoms with van der Waals surface area (Å²) in [4.78, 5) is 0. The molecule has 0 heterocycles. The Bertz CT molecular complexity index is 1870. The average molecular weight is 685 g/mol. The predicted molar refractivity (Wildman–Crippen MR) is 171 cm³/mol. The molecule has 0 saturated heterocycles. The fraction of sp³-hybridized carbons (Fsp3) is 0.333. The zero-order chi connectivity index (χ0) is 33.6. The highest BCUT2D eigenvalue weighted by atomic mass is 32.2. The summed E-state index contributed by atoms with van der Waals surface area (Å²) in [5.74, 6) is 0.0240. The van der Waals surface area contributed by atoms with Gasteiger partial charge in [0.2, 0.25) is 0 Å². The lowest BCUT2D eigenvalue weighted by molar-refractivity contribution is 0.314. The van der Waals surface area contributed by atoms with Crippen LogP contribution in [0.25, 0.3) is 22.3 Å². The van der Waals surface area contributed by atoms with Gasteiger partial charge in [0.25, 0.3) is 0 Å². The largest absolute Gasteiger partial charge is 0.496 e. The van der Waals surface area contributed by atoms with E-state index in [1.807, 2.05) is 19.9 Å². The van der Waals surface area contributed by atoms with E-state index in [0.29, 0.717) is 17.5 Å². The maximum Gasteiger partial charge on any atom is 0.306 e. The molecule has 0 atom stereocenters. The summed E-state index contributed by atoms with van der Waals surface area (Å²) in [6, 6.07) is 12.0. The maximum absolute atomic E-state index is 12.5. The van der Waals surface area contributed by atoms with Crippen LogP contribution in [0.5, 0.6) is 34.5 Å². The van der Waals surface area contributed by atoms with Gasteiger partial charge < -0.3 is 26.8 Å². The van der Waals surface area contributed by atoms with Crippen LogP contribution in [0.15, 0.2) is 60.2 Å². The molecule has 0 bridgehead atoms. The first-order valence-electron chi connectivity index (χ1n) is 13.5. The van der Waals surface area contributed by atoms with E-state index in [2.05, 4.69) is 0 Å². The predicted octanol–water partition coefficient (Wildman–Crippen LogP) is 5.18. The molecule has 3 rings (SSSR count). The minimum atomic E-state index is -4.15. The van der Waals surface area contributed by atoms with Crippen LogP contribution in [-0.4, -0.2) is 64.3 Å². The second-order valence-electron chi connectivity index (χ2n) is 10.1. The molecule has 0 amide bonds. The van der Waals surface area contributed by atoms with Crippen molar-refractivity contribution in [3.63, 3.8) is 0 Å². The van der Waals surface area contributed by atoms with Gasteiger partial charge in [-0.25, -0.2) is 0 Å². The van der Waals surface area contributed by atoms with Gasteiger partial charge in [0.05, 0.1) is 44.7 Å². The third-order valence-corrected chi connectivity index (χ3v) is 7.20. The molecule has 246 valence electrons.